The second-order valence-electron chi connectivity index (χ2n) is 2.29. The van der Waals surface area contributed by atoms with Gasteiger partial charge in [-0.15, -0.1) is 6.58 Å². The molecule has 0 saturated heterocycles. The smallest absolute Gasteiger partial charge is 0.120 e. The topological polar surface area (TPSA) is 38.9 Å². The van der Waals surface area contributed by atoms with Gasteiger partial charge in [-0.1, -0.05) is 6.08 Å². The van der Waals surface area contributed by atoms with Crippen LogP contribution in [0.5, 0.6) is 0 Å². The van der Waals surface area contributed by atoms with E-state index in [2.05, 4.69) is 43.4 Å². The summed E-state index contributed by atoms with van der Waals surface area (Å²) in [7, 11) is 0. The number of anilines is 1. The Morgan fingerprint density at radius 1 is 1.58 bits per heavy atom. The molecule has 0 fully saturated rings. The highest BCUT2D eigenvalue weighted by molar-refractivity contribution is 9.13. The highest BCUT2D eigenvalue weighted by Gasteiger charge is 2.03. The van der Waals surface area contributed by atoms with Crippen LogP contribution in [0.15, 0.2) is 27.8 Å². The van der Waals surface area contributed by atoms with Crippen molar-refractivity contribution in [3.63, 3.8) is 0 Å². The molecule has 1 aromatic heterocycles. The summed E-state index contributed by atoms with van der Waals surface area (Å²) < 4.78 is 1.64. The molecule has 0 spiro atoms. The van der Waals surface area contributed by atoms with Gasteiger partial charge < -0.3 is 5.73 Å². The van der Waals surface area contributed by atoms with Crippen LogP contribution in [0.25, 0.3) is 0 Å². The van der Waals surface area contributed by atoms with Crippen molar-refractivity contribution >= 4 is 37.5 Å². The van der Waals surface area contributed by atoms with Gasteiger partial charge in [0.1, 0.15) is 4.60 Å². The molecule has 0 aliphatic rings. The van der Waals surface area contributed by atoms with E-state index in [0.717, 1.165) is 14.8 Å². The first-order valence-corrected chi connectivity index (χ1v) is 4.95. The van der Waals surface area contributed by atoms with Gasteiger partial charge in [-0.25, -0.2) is 4.98 Å². The number of pyridine rings is 1. The Labute approximate surface area is 88.1 Å². The Kier molecular flexibility index (Phi) is 3.29. The SMILES string of the molecule is C=CCc1nc(Br)c(Br)cc1N. The molecule has 1 heterocycles. The first kappa shape index (κ1) is 9.74. The number of halogens is 2. The molecule has 4 heteroatoms. The Morgan fingerprint density at radius 2 is 2.25 bits per heavy atom. The van der Waals surface area contributed by atoms with Crippen molar-refractivity contribution < 1.29 is 0 Å². The van der Waals surface area contributed by atoms with Crippen molar-refractivity contribution in [2.75, 3.05) is 5.73 Å². The molecule has 0 unspecified atom stereocenters. The highest BCUT2D eigenvalue weighted by Crippen LogP contribution is 2.25. The summed E-state index contributed by atoms with van der Waals surface area (Å²) in [6, 6.07) is 1.83. The first-order valence-electron chi connectivity index (χ1n) is 3.36. The average Bonchev–Trinajstić information content (AvgIpc) is 2.01. The summed E-state index contributed by atoms with van der Waals surface area (Å²) in [5.74, 6) is 0. The number of hydrogen-bond donors (Lipinski definition) is 1. The van der Waals surface area contributed by atoms with Crippen molar-refractivity contribution in [3.05, 3.63) is 33.5 Å². The molecule has 1 aromatic rings. The molecule has 12 heavy (non-hydrogen) atoms. The Bertz CT molecular complexity index is 310. The molecule has 2 nitrogen and oxygen atoms in total. The standard InChI is InChI=1S/C8H8Br2N2/c1-2-3-7-6(11)4-5(9)8(10)12-7/h2,4H,1,3,11H2. The zero-order chi connectivity index (χ0) is 9.14. The van der Waals surface area contributed by atoms with Crippen LogP contribution in [0.2, 0.25) is 0 Å². The van der Waals surface area contributed by atoms with Crippen LogP contribution in [0.1, 0.15) is 5.69 Å². The van der Waals surface area contributed by atoms with Gasteiger partial charge in [0.25, 0.3) is 0 Å². The highest BCUT2D eigenvalue weighted by atomic mass is 79.9. The number of hydrogen-bond acceptors (Lipinski definition) is 2. The van der Waals surface area contributed by atoms with Crippen LogP contribution < -0.4 is 5.73 Å². The minimum atomic E-state index is 0.685. The van der Waals surface area contributed by atoms with Crippen molar-refractivity contribution in [3.8, 4) is 0 Å². The third-order valence-electron chi connectivity index (χ3n) is 1.38. The monoisotopic (exact) mass is 290 g/mol. The van der Waals surface area contributed by atoms with E-state index in [1.54, 1.807) is 6.08 Å². The van der Waals surface area contributed by atoms with Crippen molar-refractivity contribution in [2.45, 2.75) is 6.42 Å². The van der Waals surface area contributed by atoms with Gasteiger partial charge in [-0.2, -0.15) is 0 Å². The first-order chi connectivity index (χ1) is 5.65. The number of nitrogen functional groups attached to an aromatic ring is 1. The van der Waals surface area contributed by atoms with E-state index in [1.807, 2.05) is 6.07 Å². The number of aromatic nitrogens is 1. The maximum atomic E-state index is 5.72. The second-order valence-corrected chi connectivity index (χ2v) is 3.90. The van der Waals surface area contributed by atoms with E-state index in [9.17, 15) is 0 Å². The molecule has 0 atom stereocenters. The second kappa shape index (κ2) is 4.05. The lowest BCUT2D eigenvalue weighted by Crippen LogP contribution is -1.97. The molecule has 0 aliphatic carbocycles. The predicted molar refractivity (Wildman–Crippen MR) is 58.0 cm³/mol. The fraction of sp³-hybridized carbons (Fsp3) is 0.125. The van der Waals surface area contributed by atoms with E-state index < -0.39 is 0 Å². The van der Waals surface area contributed by atoms with Gasteiger partial charge >= 0.3 is 0 Å². The lowest BCUT2D eigenvalue weighted by molar-refractivity contribution is 1.09. The number of nitrogens with zero attached hydrogens (tertiary/aromatic N) is 1. The fourth-order valence-electron chi connectivity index (χ4n) is 0.816. The summed E-state index contributed by atoms with van der Waals surface area (Å²) in [5, 5.41) is 0. The Hall–Kier alpha value is -0.350. The number of allylic oxidation sites excluding steroid dienone is 1. The van der Waals surface area contributed by atoms with E-state index in [4.69, 9.17) is 5.73 Å². The van der Waals surface area contributed by atoms with Gasteiger partial charge in [0, 0.05) is 6.42 Å². The van der Waals surface area contributed by atoms with Crippen molar-refractivity contribution in [2.24, 2.45) is 0 Å². The molecule has 64 valence electrons. The van der Waals surface area contributed by atoms with Gasteiger partial charge in [-0.3, -0.25) is 0 Å². The van der Waals surface area contributed by atoms with Crippen LogP contribution in [-0.2, 0) is 6.42 Å². The summed E-state index contributed by atoms with van der Waals surface area (Å²) in [5.41, 5.74) is 7.25. The van der Waals surface area contributed by atoms with E-state index in [1.165, 1.54) is 0 Å². The molecule has 0 aromatic carbocycles. The van der Waals surface area contributed by atoms with Crippen LogP contribution in [0, 0.1) is 0 Å². The molecule has 2 N–H and O–H groups in total. The van der Waals surface area contributed by atoms with Crippen molar-refractivity contribution in [1.29, 1.82) is 0 Å². The quantitative estimate of drug-likeness (QED) is 0.672. The maximum Gasteiger partial charge on any atom is 0.120 e. The van der Waals surface area contributed by atoms with Crippen LogP contribution >= 0.6 is 31.9 Å². The van der Waals surface area contributed by atoms with Crippen LogP contribution in [-0.4, -0.2) is 4.98 Å². The summed E-state index contributed by atoms with van der Waals surface area (Å²) in [6.45, 7) is 3.63. The third kappa shape index (κ3) is 2.08. The van der Waals surface area contributed by atoms with E-state index in [-0.39, 0.29) is 0 Å². The minimum Gasteiger partial charge on any atom is -0.397 e. The largest absolute Gasteiger partial charge is 0.397 e. The lowest BCUT2D eigenvalue weighted by atomic mass is 10.2. The summed E-state index contributed by atoms with van der Waals surface area (Å²) >= 11 is 6.62. The molecule has 1 rings (SSSR count). The Morgan fingerprint density at radius 3 is 2.83 bits per heavy atom. The normalized spacial score (nSPS) is 9.83. The lowest BCUT2D eigenvalue weighted by Gasteiger charge is -2.03. The van der Waals surface area contributed by atoms with E-state index in [0.29, 0.717) is 12.1 Å². The molecule has 0 bridgehead atoms. The Balaban J connectivity index is 3.13. The van der Waals surface area contributed by atoms with E-state index >= 15 is 0 Å². The van der Waals surface area contributed by atoms with Gasteiger partial charge in [0.2, 0.25) is 0 Å². The summed E-state index contributed by atoms with van der Waals surface area (Å²) in [6.07, 6.45) is 2.47. The number of nitrogens with two attached hydrogens (primary N) is 1. The molecule has 0 amide bonds. The summed E-state index contributed by atoms with van der Waals surface area (Å²) in [4.78, 5) is 4.24. The zero-order valence-corrected chi connectivity index (χ0v) is 9.52. The minimum absolute atomic E-state index is 0.685. The van der Waals surface area contributed by atoms with Gasteiger partial charge in [0.15, 0.2) is 0 Å². The molecular formula is C8H8Br2N2. The predicted octanol–water partition coefficient (Wildman–Crippen LogP) is 2.92. The molecule has 0 saturated carbocycles. The number of rotatable bonds is 2. The molecule has 0 radical (unpaired) electrons. The maximum absolute atomic E-state index is 5.72. The van der Waals surface area contributed by atoms with Crippen LogP contribution in [0.4, 0.5) is 5.69 Å². The zero-order valence-electron chi connectivity index (χ0n) is 6.35. The third-order valence-corrected chi connectivity index (χ3v) is 3.12. The van der Waals surface area contributed by atoms with Gasteiger partial charge in [-0.05, 0) is 37.9 Å². The van der Waals surface area contributed by atoms with Crippen molar-refractivity contribution in [1.82, 2.24) is 4.98 Å². The van der Waals surface area contributed by atoms with Crippen LogP contribution in [0.3, 0.4) is 0 Å². The fourth-order valence-corrected chi connectivity index (χ4v) is 1.48. The molecule has 0 aliphatic heterocycles. The average molecular weight is 292 g/mol. The van der Waals surface area contributed by atoms with Gasteiger partial charge in [0.05, 0.1) is 15.9 Å². The molecular weight excluding hydrogens is 284 g/mol.